The average molecular weight is 427 g/mol. The zero-order chi connectivity index (χ0) is 20.3. The lowest BCUT2D eigenvalue weighted by molar-refractivity contribution is -0.127. The minimum Gasteiger partial charge on any atom is -0.337 e. The van der Waals surface area contributed by atoms with E-state index in [-0.39, 0.29) is 47.6 Å². The summed E-state index contributed by atoms with van der Waals surface area (Å²) < 4.78 is 53.5. The largest absolute Gasteiger partial charge is 0.337 e. The van der Waals surface area contributed by atoms with E-state index >= 15 is 0 Å². The Labute approximate surface area is 166 Å². The molecule has 0 aromatic heterocycles. The summed E-state index contributed by atoms with van der Waals surface area (Å²) in [4.78, 5) is 13.7. The Bertz CT molecular complexity index is 999. The number of halogens is 3. The molecule has 5 nitrogen and oxygen atoms in total. The molecule has 0 N–H and O–H groups in total. The van der Waals surface area contributed by atoms with Crippen LogP contribution in [0.3, 0.4) is 0 Å². The van der Waals surface area contributed by atoms with Gasteiger partial charge in [0.25, 0.3) is 0 Å². The van der Waals surface area contributed by atoms with E-state index in [0.717, 1.165) is 6.07 Å². The van der Waals surface area contributed by atoms with E-state index < -0.39 is 21.7 Å². The molecule has 148 valence electrons. The predicted octanol–water partition coefficient (Wildman–Crippen LogP) is 3.16. The first kappa shape index (κ1) is 20.4. The molecule has 0 saturated carbocycles. The van der Waals surface area contributed by atoms with Crippen LogP contribution in [0.25, 0.3) is 6.08 Å². The number of piperazine rings is 1. The lowest BCUT2D eigenvalue weighted by atomic mass is 10.2. The Balaban J connectivity index is 1.65. The van der Waals surface area contributed by atoms with Crippen molar-refractivity contribution in [3.8, 4) is 0 Å². The fraction of sp³-hybridized carbons (Fsp3) is 0.211. The molecule has 0 aliphatic carbocycles. The second kappa shape index (κ2) is 8.38. The van der Waals surface area contributed by atoms with Crippen LogP contribution >= 0.6 is 11.6 Å². The van der Waals surface area contributed by atoms with Gasteiger partial charge in [-0.25, -0.2) is 17.2 Å². The van der Waals surface area contributed by atoms with E-state index in [2.05, 4.69) is 0 Å². The standard InChI is InChI=1S/C19H17ClF2N2O3S/c20-17-5-2-6-18(22)16(17)7-8-19(25)23-9-11-24(12-10-23)28(26,27)15-4-1-3-14(21)13-15/h1-8,13H,9-12H2. The maximum absolute atomic E-state index is 13.8. The van der Waals surface area contributed by atoms with E-state index in [1.54, 1.807) is 0 Å². The molecule has 1 aliphatic rings. The summed E-state index contributed by atoms with van der Waals surface area (Å²) in [6, 6.07) is 9.03. The summed E-state index contributed by atoms with van der Waals surface area (Å²) in [5, 5.41) is 0.190. The number of benzene rings is 2. The van der Waals surface area contributed by atoms with Gasteiger partial charge in [-0.2, -0.15) is 4.31 Å². The van der Waals surface area contributed by atoms with Gasteiger partial charge in [-0.05, 0) is 36.4 Å². The summed E-state index contributed by atoms with van der Waals surface area (Å²) in [5.74, 6) is -1.54. The van der Waals surface area contributed by atoms with E-state index in [9.17, 15) is 22.0 Å². The van der Waals surface area contributed by atoms with Gasteiger partial charge in [0.2, 0.25) is 15.9 Å². The van der Waals surface area contributed by atoms with Crippen molar-refractivity contribution in [3.63, 3.8) is 0 Å². The Morgan fingerprint density at radius 2 is 1.71 bits per heavy atom. The number of sulfonamides is 1. The second-order valence-electron chi connectivity index (χ2n) is 6.16. The SMILES string of the molecule is O=C(C=Cc1c(F)cccc1Cl)N1CCN(S(=O)(=O)c2cccc(F)c2)CC1. The predicted molar refractivity (Wildman–Crippen MR) is 102 cm³/mol. The molecule has 0 unspecified atom stereocenters. The molecule has 1 saturated heterocycles. The number of carbonyl (C=O) groups excluding carboxylic acids is 1. The Morgan fingerprint density at radius 3 is 2.36 bits per heavy atom. The van der Waals surface area contributed by atoms with E-state index in [1.165, 1.54) is 57.8 Å². The first-order chi connectivity index (χ1) is 13.3. The maximum Gasteiger partial charge on any atom is 0.246 e. The summed E-state index contributed by atoms with van der Waals surface area (Å²) in [6.45, 7) is 0.503. The smallest absolute Gasteiger partial charge is 0.246 e. The first-order valence-electron chi connectivity index (χ1n) is 8.46. The van der Waals surface area contributed by atoms with Gasteiger partial charge in [-0.1, -0.05) is 23.7 Å². The third kappa shape index (κ3) is 4.40. The molecule has 1 fully saturated rings. The lowest BCUT2D eigenvalue weighted by Gasteiger charge is -2.33. The topological polar surface area (TPSA) is 57.7 Å². The van der Waals surface area contributed by atoms with Gasteiger partial charge in [0, 0.05) is 37.8 Å². The van der Waals surface area contributed by atoms with Crippen molar-refractivity contribution >= 4 is 33.6 Å². The van der Waals surface area contributed by atoms with Crippen molar-refractivity contribution in [3.05, 3.63) is 70.8 Å². The molecule has 0 radical (unpaired) electrons. The van der Waals surface area contributed by atoms with Gasteiger partial charge >= 0.3 is 0 Å². The number of hydrogen-bond acceptors (Lipinski definition) is 3. The van der Waals surface area contributed by atoms with Gasteiger partial charge in [-0.3, -0.25) is 4.79 Å². The summed E-state index contributed by atoms with van der Waals surface area (Å²) in [7, 11) is -3.83. The average Bonchev–Trinajstić information content (AvgIpc) is 2.67. The quantitative estimate of drug-likeness (QED) is 0.706. The summed E-state index contributed by atoms with van der Waals surface area (Å²) >= 11 is 5.92. The Morgan fingerprint density at radius 1 is 1.04 bits per heavy atom. The van der Waals surface area contributed by atoms with Crippen LogP contribution in [-0.4, -0.2) is 49.7 Å². The highest BCUT2D eigenvalue weighted by atomic mass is 35.5. The molecule has 0 atom stereocenters. The molecule has 1 amide bonds. The molecule has 1 aliphatic heterocycles. The Hall–Kier alpha value is -2.29. The Kier molecular flexibility index (Phi) is 6.12. The highest BCUT2D eigenvalue weighted by Gasteiger charge is 2.29. The molecule has 0 bridgehead atoms. The van der Waals surface area contributed by atoms with Gasteiger partial charge in [0.1, 0.15) is 11.6 Å². The molecule has 9 heteroatoms. The molecule has 28 heavy (non-hydrogen) atoms. The van der Waals surface area contributed by atoms with Crippen LogP contribution in [0, 0.1) is 11.6 Å². The highest BCUT2D eigenvalue weighted by Crippen LogP contribution is 2.21. The van der Waals surface area contributed by atoms with E-state index in [4.69, 9.17) is 11.6 Å². The first-order valence-corrected chi connectivity index (χ1v) is 10.3. The molecular formula is C19H17ClF2N2O3S. The van der Waals surface area contributed by atoms with Gasteiger partial charge in [0.15, 0.2) is 0 Å². The van der Waals surface area contributed by atoms with Crippen LogP contribution in [0.5, 0.6) is 0 Å². The van der Waals surface area contributed by atoms with Gasteiger partial charge in [0.05, 0.1) is 9.92 Å². The van der Waals surface area contributed by atoms with Crippen LogP contribution in [0.2, 0.25) is 5.02 Å². The number of nitrogens with zero attached hydrogens (tertiary/aromatic N) is 2. The zero-order valence-corrected chi connectivity index (χ0v) is 16.3. The fourth-order valence-corrected chi connectivity index (χ4v) is 4.54. The van der Waals surface area contributed by atoms with Crippen molar-refractivity contribution in [2.75, 3.05) is 26.2 Å². The van der Waals surface area contributed by atoms with Crippen LogP contribution in [-0.2, 0) is 14.8 Å². The number of rotatable bonds is 4. The highest BCUT2D eigenvalue weighted by molar-refractivity contribution is 7.89. The molecule has 2 aromatic carbocycles. The minimum atomic E-state index is -3.83. The molecule has 2 aromatic rings. The van der Waals surface area contributed by atoms with Crippen molar-refractivity contribution in [1.29, 1.82) is 0 Å². The van der Waals surface area contributed by atoms with Crippen LogP contribution in [0.4, 0.5) is 8.78 Å². The second-order valence-corrected chi connectivity index (χ2v) is 8.50. The minimum absolute atomic E-state index is 0.0822. The zero-order valence-electron chi connectivity index (χ0n) is 14.7. The third-order valence-electron chi connectivity index (χ3n) is 4.38. The molecular weight excluding hydrogens is 410 g/mol. The monoisotopic (exact) mass is 426 g/mol. The van der Waals surface area contributed by atoms with Crippen molar-refractivity contribution in [2.45, 2.75) is 4.90 Å². The van der Waals surface area contributed by atoms with Crippen molar-refractivity contribution in [2.24, 2.45) is 0 Å². The van der Waals surface area contributed by atoms with Gasteiger partial charge < -0.3 is 4.90 Å². The van der Waals surface area contributed by atoms with E-state index in [1.807, 2.05) is 0 Å². The van der Waals surface area contributed by atoms with Crippen LogP contribution in [0.1, 0.15) is 5.56 Å². The van der Waals surface area contributed by atoms with Crippen molar-refractivity contribution in [1.82, 2.24) is 9.21 Å². The molecule has 3 rings (SSSR count). The van der Waals surface area contributed by atoms with Crippen molar-refractivity contribution < 1.29 is 22.0 Å². The molecule has 1 heterocycles. The maximum atomic E-state index is 13.8. The van der Waals surface area contributed by atoms with E-state index in [0.29, 0.717) is 0 Å². The summed E-state index contributed by atoms with van der Waals surface area (Å²) in [5.41, 5.74) is 0.116. The number of carbonyl (C=O) groups is 1. The van der Waals surface area contributed by atoms with Crippen LogP contribution in [0.15, 0.2) is 53.4 Å². The van der Waals surface area contributed by atoms with Crippen LogP contribution < -0.4 is 0 Å². The van der Waals surface area contributed by atoms with Gasteiger partial charge in [-0.15, -0.1) is 0 Å². The lowest BCUT2D eigenvalue weighted by Crippen LogP contribution is -2.50. The summed E-state index contributed by atoms with van der Waals surface area (Å²) in [6.07, 6.45) is 2.51. The normalized spacial score (nSPS) is 15.9. The number of hydrogen-bond donors (Lipinski definition) is 0. The fourth-order valence-electron chi connectivity index (χ4n) is 2.86. The third-order valence-corrected chi connectivity index (χ3v) is 6.60. The number of amides is 1. The molecule has 0 spiro atoms.